The quantitative estimate of drug-likeness (QED) is 0.679. The predicted molar refractivity (Wildman–Crippen MR) is 79.3 cm³/mol. The van der Waals surface area contributed by atoms with Crippen LogP contribution in [0.25, 0.3) is 0 Å². The molecule has 2 atom stereocenters. The van der Waals surface area contributed by atoms with E-state index in [-0.39, 0.29) is 6.61 Å². The zero-order chi connectivity index (χ0) is 15.7. The number of hydrogen-bond donors (Lipinski definition) is 3. The van der Waals surface area contributed by atoms with E-state index in [4.69, 9.17) is 9.84 Å². The van der Waals surface area contributed by atoms with Gasteiger partial charge < -0.3 is 20.5 Å². The van der Waals surface area contributed by atoms with Gasteiger partial charge in [0.05, 0.1) is 6.61 Å². The standard InChI is InChI=1S/C15H22N2O4/c1-11(12-6-4-3-5-7-12)8-9-16-15(20)17-13(10-21-2)14(18)19/h3-7,11,13H,8-10H2,1-2H3,(H,18,19)(H2,16,17,20). The zero-order valence-electron chi connectivity index (χ0n) is 12.3. The molecule has 0 aliphatic heterocycles. The van der Waals surface area contributed by atoms with Crippen molar-refractivity contribution in [3.63, 3.8) is 0 Å². The predicted octanol–water partition coefficient (Wildman–Crippen LogP) is 1.58. The smallest absolute Gasteiger partial charge is 0.328 e. The van der Waals surface area contributed by atoms with Gasteiger partial charge in [0.1, 0.15) is 0 Å². The van der Waals surface area contributed by atoms with E-state index >= 15 is 0 Å². The third kappa shape index (κ3) is 6.27. The lowest BCUT2D eigenvalue weighted by atomic mass is 9.98. The molecule has 1 aromatic rings. The van der Waals surface area contributed by atoms with Crippen LogP contribution >= 0.6 is 0 Å². The molecule has 116 valence electrons. The Labute approximate surface area is 124 Å². The Morgan fingerprint density at radius 1 is 1.29 bits per heavy atom. The number of nitrogens with one attached hydrogen (secondary N) is 2. The number of carboxylic acids is 1. The number of urea groups is 1. The zero-order valence-corrected chi connectivity index (χ0v) is 12.3. The molecule has 2 amide bonds. The Bertz CT molecular complexity index is 450. The summed E-state index contributed by atoms with van der Waals surface area (Å²) in [6.07, 6.45) is 0.777. The second kappa shape index (κ2) is 8.97. The van der Waals surface area contributed by atoms with Crippen molar-refractivity contribution in [3.8, 4) is 0 Å². The number of carbonyl (C=O) groups excluding carboxylic acids is 1. The molecular formula is C15H22N2O4. The summed E-state index contributed by atoms with van der Waals surface area (Å²) in [4.78, 5) is 22.5. The molecule has 1 rings (SSSR count). The maximum absolute atomic E-state index is 11.6. The number of benzene rings is 1. The lowest BCUT2D eigenvalue weighted by molar-refractivity contribution is -0.140. The maximum atomic E-state index is 11.6. The molecule has 6 nitrogen and oxygen atoms in total. The molecule has 0 saturated heterocycles. The first-order valence-corrected chi connectivity index (χ1v) is 6.85. The molecule has 0 bridgehead atoms. The number of carbonyl (C=O) groups is 2. The van der Waals surface area contributed by atoms with Crippen LogP contribution in [0.5, 0.6) is 0 Å². The first kappa shape index (κ1) is 17.0. The number of methoxy groups -OCH3 is 1. The first-order chi connectivity index (χ1) is 10.0. The van der Waals surface area contributed by atoms with Gasteiger partial charge in [0.25, 0.3) is 0 Å². The highest BCUT2D eigenvalue weighted by molar-refractivity contribution is 5.82. The molecule has 0 spiro atoms. The lowest BCUT2D eigenvalue weighted by Crippen LogP contribution is -2.48. The average Bonchev–Trinajstić information content (AvgIpc) is 2.47. The number of rotatable bonds is 8. The first-order valence-electron chi connectivity index (χ1n) is 6.85. The van der Waals surface area contributed by atoms with Crippen molar-refractivity contribution in [2.75, 3.05) is 20.3 Å². The van der Waals surface area contributed by atoms with Crippen LogP contribution < -0.4 is 10.6 Å². The van der Waals surface area contributed by atoms with Crippen LogP contribution in [0, 0.1) is 0 Å². The Morgan fingerprint density at radius 2 is 1.95 bits per heavy atom. The fourth-order valence-corrected chi connectivity index (χ4v) is 1.90. The van der Waals surface area contributed by atoms with Crippen molar-refractivity contribution in [1.29, 1.82) is 0 Å². The van der Waals surface area contributed by atoms with Crippen LogP contribution in [0.2, 0.25) is 0 Å². The van der Waals surface area contributed by atoms with Gasteiger partial charge in [-0.1, -0.05) is 37.3 Å². The van der Waals surface area contributed by atoms with Crippen molar-refractivity contribution < 1.29 is 19.4 Å². The fourth-order valence-electron chi connectivity index (χ4n) is 1.90. The van der Waals surface area contributed by atoms with Gasteiger partial charge in [-0.2, -0.15) is 0 Å². The molecule has 0 radical (unpaired) electrons. The second-order valence-electron chi connectivity index (χ2n) is 4.85. The van der Waals surface area contributed by atoms with Gasteiger partial charge in [0.15, 0.2) is 6.04 Å². The number of aliphatic carboxylic acids is 1. The number of carboxylic acid groups (broad SMARTS) is 1. The lowest BCUT2D eigenvalue weighted by Gasteiger charge is -2.15. The number of ether oxygens (including phenoxy) is 1. The molecule has 0 saturated carbocycles. The third-order valence-electron chi connectivity index (χ3n) is 3.17. The van der Waals surface area contributed by atoms with Crippen molar-refractivity contribution in [3.05, 3.63) is 35.9 Å². The van der Waals surface area contributed by atoms with Crippen molar-refractivity contribution in [2.24, 2.45) is 0 Å². The van der Waals surface area contributed by atoms with E-state index in [1.54, 1.807) is 0 Å². The Hall–Kier alpha value is -2.08. The Morgan fingerprint density at radius 3 is 2.52 bits per heavy atom. The number of amides is 2. The highest BCUT2D eigenvalue weighted by atomic mass is 16.5. The van der Waals surface area contributed by atoms with Gasteiger partial charge in [0.2, 0.25) is 0 Å². The number of hydrogen-bond acceptors (Lipinski definition) is 3. The van der Waals surface area contributed by atoms with Gasteiger partial charge in [-0.25, -0.2) is 9.59 Å². The van der Waals surface area contributed by atoms with Crippen LogP contribution in [0.4, 0.5) is 4.79 Å². The van der Waals surface area contributed by atoms with Crippen LogP contribution in [0.3, 0.4) is 0 Å². The van der Waals surface area contributed by atoms with Crippen LogP contribution in [-0.2, 0) is 9.53 Å². The van der Waals surface area contributed by atoms with Crippen molar-refractivity contribution in [2.45, 2.75) is 25.3 Å². The summed E-state index contributed by atoms with van der Waals surface area (Å²) in [6.45, 7) is 2.49. The van der Waals surface area contributed by atoms with E-state index in [0.717, 1.165) is 6.42 Å². The molecule has 21 heavy (non-hydrogen) atoms. The van der Waals surface area contributed by atoms with Gasteiger partial charge in [-0.3, -0.25) is 0 Å². The molecule has 0 fully saturated rings. The minimum absolute atomic E-state index is 0.0663. The van der Waals surface area contributed by atoms with E-state index in [1.165, 1.54) is 12.7 Å². The average molecular weight is 294 g/mol. The molecule has 0 aliphatic rings. The van der Waals surface area contributed by atoms with Crippen LogP contribution in [0.1, 0.15) is 24.8 Å². The van der Waals surface area contributed by atoms with E-state index in [2.05, 4.69) is 17.6 Å². The summed E-state index contributed by atoms with van der Waals surface area (Å²) in [5.74, 6) is -0.801. The topological polar surface area (TPSA) is 87.7 Å². The molecule has 3 N–H and O–H groups in total. The monoisotopic (exact) mass is 294 g/mol. The summed E-state index contributed by atoms with van der Waals surface area (Å²) in [5, 5.41) is 13.9. The minimum Gasteiger partial charge on any atom is -0.480 e. The van der Waals surface area contributed by atoms with Crippen LogP contribution in [-0.4, -0.2) is 43.4 Å². The molecular weight excluding hydrogens is 272 g/mol. The van der Waals surface area contributed by atoms with E-state index in [1.807, 2.05) is 30.3 Å². The summed E-state index contributed by atoms with van der Waals surface area (Å²) in [5.41, 5.74) is 1.21. The summed E-state index contributed by atoms with van der Waals surface area (Å²) in [7, 11) is 1.39. The molecule has 0 aliphatic carbocycles. The van der Waals surface area contributed by atoms with E-state index in [9.17, 15) is 9.59 Å². The summed E-state index contributed by atoms with van der Waals surface area (Å²) < 4.78 is 4.74. The SMILES string of the molecule is COCC(NC(=O)NCCC(C)c1ccccc1)C(=O)O. The highest BCUT2D eigenvalue weighted by Gasteiger charge is 2.19. The van der Waals surface area contributed by atoms with Crippen LogP contribution in [0.15, 0.2) is 30.3 Å². The van der Waals surface area contributed by atoms with E-state index in [0.29, 0.717) is 12.5 Å². The molecule has 6 heteroatoms. The third-order valence-corrected chi connectivity index (χ3v) is 3.17. The van der Waals surface area contributed by atoms with Crippen molar-refractivity contribution in [1.82, 2.24) is 10.6 Å². The Kier molecular flexibility index (Phi) is 7.25. The largest absolute Gasteiger partial charge is 0.480 e. The van der Waals surface area contributed by atoms with Gasteiger partial charge in [-0.05, 0) is 17.9 Å². The van der Waals surface area contributed by atoms with Gasteiger partial charge in [-0.15, -0.1) is 0 Å². The second-order valence-corrected chi connectivity index (χ2v) is 4.85. The summed E-state index contributed by atoms with van der Waals surface area (Å²) >= 11 is 0. The van der Waals surface area contributed by atoms with E-state index < -0.39 is 18.0 Å². The highest BCUT2D eigenvalue weighted by Crippen LogP contribution is 2.17. The normalized spacial score (nSPS) is 13.2. The van der Waals surface area contributed by atoms with Gasteiger partial charge in [0, 0.05) is 13.7 Å². The summed E-state index contributed by atoms with van der Waals surface area (Å²) in [6, 6.07) is 8.47. The molecule has 0 heterocycles. The molecule has 2 unspecified atom stereocenters. The minimum atomic E-state index is -1.12. The van der Waals surface area contributed by atoms with Crippen molar-refractivity contribution >= 4 is 12.0 Å². The fraction of sp³-hybridized carbons (Fsp3) is 0.467. The maximum Gasteiger partial charge on any atom is 0.328 e. The molecule has 1 aromatic carbocycles. The molecule has 0 aromatic heterocycles. The Balaban J connectivity index is 2.31. The van der Waals surface area contributed by atoms with Gasteiger partial charge >= 0.3 is 12.0 Å².